The van der Waals surface area contributed by atoms with E-state index in [-0.39, 0.29) is 5.69 Å². The number of hydrogen-bond acceptors (Lipinski definition) is 3. The standard InChI is InChI=1S/C14H15ClF3N3O2/c1-20-4-6-21(7-5-20)13(23)12(22)19-9-2-3-11(15)10(8-9)14(16,17)18/h2-3,8H,4-7H2,1H3,(H,19,22). The number of halogens is 4. The predicted octanol–water partition coefficient (Wildman–Crippen LogP) is 2.07. The molecule has 1 aliphatic rings. The van der Waals surface area contributed by atoms with Gasteiger partial charge in [0.15, 0.2) is 0 Å². The average molecular weight is 350 g/mol. The van der Waals surface area contributed by atoms with Gasteiger partial charge in [-0.05, 0) is 25.2 Å². The van der Waals surface area contributed by atoms with Crippen molar-refractivity contribution in [3.63, 3.8) is 0 Å². The Labute approximate surface area is 136 Å². The molecule has 1 aromatic rings. The molecule has 1 N–H and O–H groups in total. The first-order valence-electron chi connectivity index (χ1n) is 6.84. The van der Waals surface area contributed by atoms with Crippen molar-refractivity contribution in [1.82, 2.24) is 9.80 Å². The molecular formula is C14H15ClF3N3O2. The molecule has 23 heavy (non-hydrogen) atoms. The summed E-state index contributed by atoms with van der Waals surface area (Å²) < 4.78 is 38.3. The number of anilines is 1. The largest absolute Gasteiger partial charge is 0.417 e. The molecule has 0 unspecified atom stereocenters. The van der Waals surface area contributed by atoms with Crippen LogP contribution in [0.4, 0.5) is 18.9 Å². The highest BCUT2D eigenvalue weighted by Crippen LogP contribution is 2.36. The van der Waals surface area contributed by atoms with E-state index in [0.717, 1.165) is 6.07 Å². The van der Waals surface area contributed by atoms with Crippen molar-refractivity contribution in [1.29, 1.82) is 0 Å². The molecule has 1 aliphatic heterocycles. The molecular weight excluding hydrogens is 335 g/mol. The van der Waals surface area contributed by atoms with Crippen molar-refractivity contribution in [3.8, 4) is 0 Å². The zero-order chi connectivity index (χ0) is 17.2. The van der Waals surface area contributed by atoms with Crippen LogP contribution in [0.25, 0.3) is 0 Å². The molecule has 0 aliphatic carbocycles. The van der Waals surface area contributed by atoms with E-state index in [0.29, 0.717) is 32.2 Å². The average Bonchev–Trinajstić information content (AvgIpc) is 2.48. The Hall–Kier alpha value is -1.80. The van der Waals surface area contributed by atoms with Crippen molar-refractivity contribution in [3.05, 3.63) is 28.8 Å². The predicted molar refractivity (Wildman–Crippen MR) is 79.2 cm³/mol. The third-order valence-corrected chi connectivity index (χ3v) is 3.84. The fourth-order valence-electron chi connectivity index (χ4n) is 2.16. The second kappa shape index (κ2) is 6.76. The molecule has 9 heteroatoms. The van der Waals surface area contributed by atoms with Crippen LogP contribution < -0.4 is 5.32 Å². The first-order chi connectivity index (χ1) is 10.7. The van der Waals surface area contributed by atoms with Crippen LogP contribution in [0.2, 0.25) is 5.02 Å². The summed E-state index contributed by atoms with van der Waals surface area (Å²) in [4.78, 5) is 27.3. The van der Waals surface area contributed by atoms with E-state index < -0.39 is 28.6 Å². The lowest BCUT2D eigenvalue weighted by molar-refractivity contribution is -0.144. The molecule has 126 valence electrons. The van der Waals surface area contributed by atoms with Gasteiger partial charge in [0.05, 0.1) is 10.6 Å². The summed E-state index contributed by atoms with van der Waals surface area (Å²) in [5.41, 5.74) is -1.20. The first-order valence-corrected chi connectivity index (χ1v) is 7.22. The maximum atomic E-state index is 12.8. The van der Waals surface area contributed by atoms with Crippen LogP contribution in [0.15, 0.2) is 18.2 Å². The summed E-state index contributed by atoms with van der Waals surface area (Å²) in [5.74, 6) is -1.73. The zero-order valence-electron chi connectivity index (χ0n) is 12.3. The number of carbonyl (C=O) groups excluding carboxylic acids is 2. The molecule has 2 amide bonds. The topological polar surface area (TPSA) is 52.7 Å². The SMILES string of the molecule is CN1CCN(C(=O)C(=O)Nc2ccc(Cl)c(C(F)(F)F)c2)CC1. The van der Waals surface area contributed by atoms with Crippen molar-refractivity contribution in [2.24, 2.45) is 0 Å². The van der Waals surface area contributed by atoms with Crippen molar-refractivity contribution >= 4 is 29.1 Å². The summed E-state index contributed by atoms with van der Waals surface area (Å²) in [7, 11) is 1.90. The summed E-state index contributed by atoms with van der Waals surface area (Å²) in [6.07, 6.45) is -4.64. The molecule has 2 rings (SSSR count). The van der Waals surface area contributed by atoms with Crippen molar-refractivity contribution in [2.45, 2.75) is 6.18 Å². The fourth-order valence-corrected chi connectivity index (χ4v) is 2.38. The highest BCUT2D eigenvalue weighted by atomic mass is 35.5. The number of carbonyl (C=O) groups is 2. The molecule has 0 spiro atoms. The summed E-state index contributed by atoms with van der Waals surface area (Å²) in [5, 5.41) is 1.72. The summed E-state index contributed by atoms with van der Waals surface area (Å²) in [6, 6.07) is 2.95. The molecule has 0 saturated carbocycles. The molecule has 0 atom stereocenters. The lowest BCUT2D eigenvalue weighted by Crippen LogP contribution is -2.50. The van der Waals surface area contributed by atoms with Gasteiger partial charge in [-0.1, -0.05) is 11.6 Å². The van der Waals surface area contributed by atoms with E-state index >= 15 is 0 Å². The number of rotatable bonds is 1. The van der Waals surface area contributed by atoms with Gasteiger partial charge in [0.25, 0.3) is 0 Å². The molecule has 1 fully saturated rings. The second-order valence-corrected chi connectivity index (χ2v) is 5.65. The lowest BCUT2D eigenvalue weighted by atomic mass is 10.2. The van der Waals surface area contributed by atoms with Crippen LogP contribution in [0.1, 0.15) is 5.56 Å². The Balaban J connectivity index is 2.07. The molecule has 1 heterocycles. The van der Waals surface area contributed by atoms with Crippen molar-refractivity contribution in [2.75, 3.05) is 38.5 Å². The van der Waals surface area contributed by atoms with E-state index in [1.54, 1.807) is 0 Å². The van der Waals surface area contributed by atoms with Gasteiger partial charge >= 0.3 is 18.0 Å². The van der Waals surface area contributed by atoms with E-state index in [1.807, 2.05) is 11.9 Å². The van der Waals surface area contributed by atoms with Crippen LogP contribution >= 0.6 is 11.6 Å². The number of nitrogens with zero attached hydrogens (tertiary/aromatic N) is 2. The monoisotopic (exact) mass is 349 g/mol. The number of alkyl halides is 3. The van der Waals surface area contributed by atoms with Gasteiger partial charge in [-0.15, -0.1) is 0 Å². The highest BCUT2D eigenvalue weighted by Gasteiger charge is 2.33. The molecule has 1 saturated heterocycles. The third kappa shape index (κ3) is 4.35. The normalized spacial score (nSPS) is 16.3. The van der Waals surface area contributed by atoms with Gasteiger partial charge in [0.2, 0.25) is 0 Å². The van der Waals surface area contributed by atoms with Crippen molar-refractivity contribution < 1.29 is 22.8 Å². The molecule has 5 nitrogen and oxygen atoms in total. The minimum absolute atomic E-state index is 0.130. The van der Waals surface area contributed by atoms with Crippen LogP contribution in [0, 0.1) is 0 Å². The van der Waals surface area contributed by atoms with E-state index in [2.05, 4.69) is 5.32 Å². The van der Waals surface area contributed by atoms with Crippen LogP contribution in [-0.2, 0) is 15.8 Å². The van der Waals surface area contributed by atoms with E-state index in [4.69, 9.17) is 11.6 Å². The Bertz CT molecular complexity index is 614. The number of nitrogens with one attached hydrogen (secondary N) is 1. The number of likely N-dealkylation sites (N-methyl/N-ethyl adjacent to an activating group) is 1. The zero-order valence-corrected chi connectivity index (χ0v) is 13.0. The van der Waals surface area contributed by atoms with Crippen LogP contribution in [0.3, 0.4) is 0 Å². The number of hydrogen-bond donors (Lipinski definition) is 1. The second-order valence-electron chi connectivity index (χ2n) is 5.24. The summed E-state index contributed by atoms with van der Waals surface area (Å²) >= 11 is 5.50. The van der Waals surface area contributed by atoms with Gasteiger partial charge in [-0.3, -0.25) is 9.59 Å². The Kier molecular flexibility index (Phi) is 5.16. The van der Waals surface area contributed by atoms with Crippen LogP contribution in [-0.4, -0.2) is 54.8 Å². The van der Waals surface area contributed by atoms with Gasteiger partial charge in [0, 0.05) is 31.9 Å². The maximum absolute atomic E-state index is 12.8. The van der Waals surface area contributed by atoms with Gasteiger partial charge in [0.1, 0.15) is 0 Å². The number of amides is 2. The molecule has 0 aromatic heterocycles. The third-order valence-electron chi connectivity index (χ3n) is 3.51. The molecule has 1 aromatic carbocycles. The first kappa shape index (κ1) is 17.6. The van der Waals surface area contributed by atoms with E-state index in [9.17, 15) is 22.8 Å². The number of benzene rings is 1. The van der Waals surface area contributed by atoms with Gasteiger partial charge in [-0.25, -0.2) is 0 Å². The Morgan fingerprint density at radius 2 is 1.78 bits per heavy atom. The Morgan fingerprint density at radius 3 is 2.35 bits per heavy atom. The smallest absolute Gasteiger partial charge is 0.332 e. The van der Waals surface area contributed by atoms with Crippen LogP contribution in [0.5, 0.6) is 0 Å². The van der Waals surface area contributed by atoms with E-state index in [1.165, 1.54) is 11.0 Å². The molecule has 0 radical (unpaired) electrons. The van der Waals surface area contributed by atoms with Gasteiger partial charge in [-0.2, -0.15) is 13.2 Å². The minimum Gasteiger partial charge on any atom is -0.332 e. The fraction of sp³-hybridized carbons (Fsp3) is 0.429. The van der Waals surface area contributed by atoms with Gasteiger partial charge < -0.3 is 15.1 Å². The quantitative estimate of drug-likeness (QED) is 0.790. The Morgan fingerprint density at radius 1 is 1.17 bits per heavy atom. The summed E-state index contributed by atoms with van der Waals surface area (Å²) in [6.45, 7) is 2.07. The maximum Gasteiger partial charge on any atom is 0.417 e. The highest BCUT2D eigenvalue weighted by molar-refractivity contribution is 6.39. The molecule has 0 bridgehead atoms. The number of piperazine rings is 1. The minimum atomic E-state index is -4.64. The lowest BCUT2D eigenvalue weighted by Gasteiger charge is -2.31.